The Kier molecular flexibility index (Phi) is 4.93. The second kappa shape index (κ2) is 6.69. The fourth-order valence-electron chi connectivity index (χ4n) is 2.45. The number of carbonyl (C=O) groups excluding carboxylic acids is 1. The first-order valence-corrected chi connectivity index (χ1v) is 7.07. The summed E-state index contributed by atoms with van der Waals surface area (Å²) in [5.41, 5.74) is 7.12. The minimum Gasteiger partial charge on any atom is -0.478 e. The van der Waals surface area contributed by atoms with E-state index in [1.807, 2.05) is 11.8 Å². The number of nitrogens with two attached hydrogens (primary N) is 1. The summed E-state index contributed by atoms with van der Waals surface area (Å²) < 4.78 is 0. The van der Waals surface area contributed by atoms with E-state index >= 15 is 0 Å². The van der Waals surface area contributed by atoms with E-state index < -0.39 is 5.97 Å². The first-order valence-electron chi connectivity index (χ1n) is 7.07. The maximum atomic E-state index is 12.0. The predicted octanol–water partition coefficient (Wildman–Crippen LogP) is 1.05. The van der Waals surface area contributed by atoms with Crippen LogP contribution < -0.4 is 11.1 Å². The van der Waals surface area contributed by atoms with E-state index in [1.165, 1.54) is 0 Å². The van der Waals surface area contributed by atoms with Crippen LogP contribution in [-0.4, -0.2) is 47.6 Å². The maximum Gasteiger partial charge on any atom is 0.337 e. The summed E-state index contributed by atoms with van der Waals surface area (Å²) in [6.07, 6.45) is 1.77. The molecule has 21 heavy (non-hydrogen) atoms. The molecule has 1 heterocycles. The zero-order valence-electron chi connectivity index (χ0n) is 12.1. The van der Waals surface area contributed by atoms with Crippen LogP contribution in [0.4, 0.5) is 5.69 Å². The van der Waals surface area contributed by atoms with Crippen LogP contribution in [0.1, 0.15) is 28.8 Å². The number of carboxylic acids is 1. The molecule has 0 radical (unpaired) electrons. The van der Waals surface area contributed by atoms with Gasteiger partial charge in [-0.2, -0.15) is 0 Å². The Morgan fingerprint density at radius 2 is 2.05 bits per heavy atom. The van der Waals surface area contributed by atoms with Crippen LogP contribution in [0, 0.1) is 6.92 Å². The molecule has 1 aliphatic rings. The van der Waals surface area contributed by atoms with E-state index in [0.717, 1.165) is 31.5 Å². The van der Waals surface area contributed by atoms with Gasteiger partial charge in [-0.25, -0.2) is 4.79 Å². The molecule has 0 unspecified atom stereocenters. The van der Waals surface area contributed by atoms with E-state index in [4.69, 9.17) is 5.73 Å². The standard InChI is InChI=1S/C15H21N3O3/c1-10-2-3-13(12(8-10)15(20)21)17-14(19)9-18-6-4-11(16)5-7-18/h2-3,8,11H,4-7,9,16H2,1H3,(H,17,19)(H,20,21). The number of piperidine rings is 1. The van der Waals surface area contributed by atoms with Crippen LogP contribution in [0.25, 0.3) is 0 Å². The summed E-state index contributed by atoms with van der Waals surface area (Å²) in [6, 6.07) is 5.18. The topological polar surface area (TPSA) is 95.7 Å². The van der Waals surface area contributed by atoms with Crippen molar-refractivity contribution in [3.8, 4) is 0 Å². The second-order valence-electron chi connectivity index (χ2n) is 5.52. The minimum atomic E-state index is -1.04. The van der Waals surface area contributed by atoms with Crippen molar-refractivity contribution in [1.82, 2.24) is 4.90 Å². The van der Waals surface area contributed by atoms with Crippen molar-refractivity contribution in [1.29, 1.82) is 0 Å². The third-order valence-corrected chi connectivity index (χ3v) is 3.68. The monoisotopic (exact) mass is 291 g/mol. The molecule has 0 spiro atoms. The highest BCUT2D eigenvalue weighted by Crippen LogP contribution is 2.17. The Labute approximate surface area is 123 Å². The van der Waals surface area contributed by atoms with Crippen LogP contribution in [0.2, 0.25) is 0 Å². The van der Waals surface area contributed by atoms with Crippen molar-refractivity contribution in [3.63, 3.8) is 0 Å². The molecule has 0 aromatic heterocycles. The highest BCUT2D eigenvalue weighted by atomic mass is 16.4. The van der Waals surface area contributed by atoms with Crippen LogP contribution in [-0.2, 0) is 4.79 Å². The molecular weight excluding hydrogens is 270 g/mol. The SMILES string of the molecule is Cc1ccc(NC(=O)CN2CCC(N)CC2)c(C(=O)O)c1. The van der Waals surface area contributed by atoms with Crippen molar-refractivity contribution in [3.05, 3.63) is 29.3 Å². The lowest BCUT2D eigenvalue weighted by Crippen LogP contribution is -2.43. The number of nitrogens with zero attached hydrogens (tertiary/aromatic N) is 1. The van der Waals surface area contributed by atoms with Crippen LogP contribution in [0.15, 0.2) is 18.2 Å². The average molecular weight is 291 g/mol. The van der Waals surface area contributed by atoms with E-state index in [9.17, 15) is 14.7 Å². The summed E-state index contributed by atoms with van der Waals surface area (Å²) in [6.45, 7) is 3.68. The largest absolute Gasteiger partial charge is 0.478 e. The summed E-state index contributed by atoms with van der Waals surface area (Å²) in [5, 5.41) is 11.9. The van der Waals surface area contributed by atoms with E-state index in [-0.39, 0.29) is 24.1 Å². The third-order valence-electron chi connectivity index (χ3n) is 3.68. The molecule has 4 N–H and O–H groups in total. The molecule has 1 saturated heterocycles. The lowest BCUT2D eigenvalue weighted by atomic mass is 10.1. The molecule has 6 nitrogen and oxygen atoms in total. The van der Waals surface area contributed by atoms with Gasteiger partial charge >= 0.3 is 5.97 Å². The van der Waals surface area contributed by atoms with Crippen molar-refractivity contribution < 1.29 is 14.7 Å². The van der Waals surface area contributed by atoms with Gasteiger partial charge in [0.15, 0.2) is 0 Å². The molecule has 0 bridgehead atoms. The van der Waals surface area contributed by atoms with Crippen molar-refractivity contribution in [2.24, 2.45) is 5.73 Å². The molecule has 1 aromatic carbocycles. The van der Waals surface area contributed by atoms with Gasteiger partial charge in [0.25, 0.3) is 0 Å². The Hall–Kier alpha value is -1.92. The number of aromatic carboxylic acids is 1. The van der Waals surface area contributed by atoms with Gasteiger partial charge in [-0.15, -0.1) is 0 Å². The lowest BCUT2D eigenvalue weighted by molar-refractivity contribution is -0.117. The first-order chi connectivity index (χ1) is 9.95. The highest BCUT2D eigenvalue weighted by molar-refractivity contribution is 6.01. The highest BCUT2D eigenvalue weighted by Gasteiger charge is 2.19. The average Bonchev–Trinajstić information content (AvgIpc) is 2.43. The van der Waals surface area contributed by atoms with Gasteiger partial charge < -0.3 is 16.2 Å². The normalized spacial score (nSPS) is 16.7. The van der Waals surface area contributed by atoms with Gasteiger partial charge in [0.05, 0.1) is 17.8 Å². The molecule has 1 aromatic rings. The predicted molar refractivity (Wildman–Crippen MR) is 80.4 cm³/mol. The first kappa shape index (κ1) is 15.5. The molecule has 6 heteroatoms. The van der Waals surface area contributed by atoms with Gasteiger partial charge in [0, 0.05) is 19.1 Å². The van der Waals surface area contributed by atoms with Gasteiger partial charge in [-0.1, -0.05) is 11.6 Å². The fraction of sp³-hybridized carbons (Fsp3) is 0.467. The van der Waals surface area contributed by atoms with Crippen molar-refractivity contribution in [2.45, 2.75) is 25.8 Å². The smallest absolute Gasteiger partial charge is 0.337 e. The molecule has 0 saturated carbocycles. The van der Waals surface area contributed by atoms with Gasteiger partial charge in [-0.3, -0.25) is 9.69 Å². The summed E-state index contributed by atoms with van der Waals surface area (Å²) in [4.78, 5) is 25.3. The number of rotatable bonds is 4. The van der Waals surface area contributed by atoms with Crippen molar-refractivity contribution in [2.75, 3.05) is 25.0 Å². The van der Waals surface area contributed by atoms with Crippen LogP contribution >= 0.6 is 0 Å². The number of hydrogen-bond donors (Lipinski definition) is 3. The van der Waals surface area contributed by atoms with Gasteiger partial charge in [0.2, 0.25) is 5.91 Å². The van der Waals surface area contributed by atoms with Crippen LogP contribution in [0.5, 0.6) is 0 Å². The number of carboxylic acid groups (broad SMARTS) is 1. The zero-order chi connectivity index (χ0) is 15.4. The van der Waals surface area contributed by atoms with E-state index in [2.05, 4.69) is 5.32 Å². The Morgan fingerprint density at radius 1 is 1.38 bits per heavy atom. The number of carbonyl (C=O) groups is 2. The Bertz CT molecular complexity index is 537. The van der Waals surface area contributed by atoms with E-state index in [1.54, 1.807) is 18.2 Å². The third kappa shape index (κ3) is 4.27. The second-order valence-corrected chi connectivity index (χ2v) is 5.52. The molecule has 0 aliphatic carbocycles. The van der Waals surface area contributed by atoms with E-state index in [0.29, 0.717) is 5.69 Å². The quantitative estimate of drug-likeness (QED) is 0.771. The number of aryl methyl sites for hydroxylation is 1. The summed E-state index contributed by atoms with van der Waals surface area (Å²) in [7, 11) is 0. The van der Waals surface area contributed by atoms with Gasteiger partial charge in [0.1, 0.15) is 0 Å². The number of benzene rings is 1. The van der Waals surface area contributed by atoms with Gasteiger partial charge in [-0.05, 0) is 31.9 Å². The number of anilines is 1. The minimum absolute atomic E-state index is 0.115. The summed E-state index contributed by atoms with van der Waals surface area (Å²) in [5.74, 6) is -1.24. The molecule has 114 valence electrons. The molecular formula is C15H21N3O3. The van der Waals surface area contributed by atoms with Crippen molar-refractivity contribution >= 4 is 17.6 Å². The molecule has 1 amide bonds. The number of likely N-dealkylation sites (tertiary alicyclic amines) is 1. The molecule has 0 atom stereocenters. The zero-order valence-corrected chi connectivity index (χ0v) is 12.1. The summed E-state index contributed by atoms with van der Waals surface area (Å²) >= 11 is 0. The number of amides is 1. The number of hydrogen-bond acceptors (Lipinski definition) is 4. The molecule has 2 rings (SSSR count). The molecule has 1 fully saturated rings. The maximum absolute atomic E-state index is 12.0. The fourth-order valence-corrected chi connectivity index (χ4v) is 2.45. The lowest BCUT2D eigenvalue weighted by Gasteiger charge is -2.29. The Morgan fingerprint density at radius 3 is 2.67 bits per heavy atom. The Balaban J connectivity index is 1.98. The molecule has 1 aliphatic heterocycles. The van der Waals surface area contributed by atoms with Crippen LogP contribution in [0.3, 0.4) is 0 Å². The number of nitrogens with one attached hydrogen (secondary N) is 1.